The standard InChI is InChI=1S/C16H29N3O.C15H24N2O.C14H24N2O.C14H24N2.2C13H22N2O.C13H20N2O.C12H22N2O.C12H20N2O/c1-15(2,3)19-10-8-16(13-19)11-18(12-16)14(20)7-6-9-17(4)5;1-4-6-14(18)17-10-5-7-15(17)8-11-16(12-9-15)13(2)3;1-4-13(17)16-9-5-6-14(16)7-10-15(11-8-14)12(2)3;1-6-12(2)15-8-7-14(9-15)10-16(11-14)13(3,4)5;1-5-11(16)14-8-13(9-14)6-7-15(10-13)12(2,3)4;2*1-5-6-11(16)14-7-13(8-14)9-15(10-13)12(2,3)4;2*1-5-10(15)13-6-12(7-13)8-14(9-12)11(2,3)4/h6-7H,8-13H2,1-5H3;13H,5,7-12H2,1-3H3;4,12H,1,5-11H2,2-3H3;6H,1-2,7-11H2,3-5H3;5H,1,6-10H2,2-4H3;5-6H,7-10H2,1-4H3;7-10H2,1-4H3;5-9H2,1-4H3;5H,1,6-9H2,2-4H3/b;;;;;6-5+;;;. The quantitative estimate of drug-likeness (QED) is 0.101. The Morgan fingerprint density at radius 1 is 0.315 bits per heavy atom. The fourth-order valence-electron chi connectivity index (χ4n) is 25.8. The highest BCUT2D eigenvalue weighted by Gasteiger charge is 2.61. The minimum absolute atomic E-state index is 0.0117. The molecule has 18 aliphatic rings. The van der Waals surface area contributed by atoms with Gasteiger partial charge in [-0.15, -0.1) is 0 Å². The number of piperidine rings is 2. The monoisotopic (exact) mass is 2070 g/mol. The van der Waals surface area contributed by atoms with Crippen LogP contribution in [-0.4, -0.2) is 445 Å². The van der Waals surface area contributed by atoms with E-state index in [2.05, 4.69) is 293 Å². The first-order valence-corrected chi connectivity index (χ1v) is 56.9. The minimum atomic E-state index is -0.0117. The lowest BCUT2D eigenvalue weighted by molar-refractivity contribution is -0.168. The molecular weight excluding hydrogens is 1860 g/mol. The molecule has 18 rings (SSSR count). The summed E-state index contributed by atoms with van der Waals surface area (Å²) >= 11 is 0. The van der Waals surface area contributed by atoms with Gasteiger partial charge < -0.3 is 58.8 Å². The first kappa shape index (κ1) is 123. The van der Waals surface area contributed by atoms with E-state index in [1.807, 2.05) is 75.6 Å². The Bertz CT molecular complexity index is 4800. The smallest absolute Gasteiger partial charge is 0.298 e. The van der Waals surface area contributed by atoms with Gasteiger partial charge >= 0.3 is 0 Å². The van der Waals surface area contributed by atoms with Crippen LogP contribution in [-0.2, 0) is 38.4 Å². The van der Waals surface area contributed by atoms with Gasteiger partial charge in [0.25, 0.3) is 11.8 Å². The molecule has 18 fully saturated rings. The Morgan fingerprint density at radius 2 is 0.597 bits per heavy atom. The molecule has 838 valence electrons. The molecule has 149 heavy (non-hydrogen) atoms. The van der Waals surface area contributed by atoms with Crippen LogP contribution in [0, 0.1) is 61.6 Å². The Hall–Kier alpha value is -7.54. The van der Waals surface area contributed by atoms with Crippen molar-refractivity contribution in [3.63, 3.8) is 0 Å². The maximum atomic E-state index is 12.1. The second kappa shape index (κ2) is 48.4. The minimum Gasteiger partial charge on any atom is -0.371 e. The van der Waals surface area contributed by atoms with E-state index in [1.54, 1.807) is 26.0 Å². The van der Waals surface area contributed by atoms with Crippen LogP contribution in [0.15, 0.2) is 87.2 Å². The molecule has 0 aliphatic carbocycles. The van der Waals surface area contributed by atoms with Gasteiger partial charge in [0, 0.05) is 334 Å². The van der Waals surface area contributed by atoms with E-state index in [9.17, 15) is 38.4 Å². The van der Waals surface area contributed by atoms with Crippen molar-refractivity contribution >= 4 is 47.3 Å². The van der Waals surface area contributed by atoms with Crippen molar-refractivity contribution in [3.05, 3.63) is 87.2 Å². The van der Waals surface area contributed by atoms with Gasteiger partial charge in [-0.05, 0) is 334 Å². The number of rotatable bonds is 12. The lowest BCUT2D eigenvalue weighted by atomic mass is 9.71. The molecule has 0 atom stereocenters. The molecule has 27 heteroatoms. The summed E-state index contributed by atoms with van der Waals surface area (Å²) in [4.78, 5) is 136. The number of carbonyl (C=O) groups excluding carboxylic acids is 8. The molecule has 0 saturated carbocycles. The van der Waals surface area contributed by atoms with Gasteiger partial charge in [0.1, 0.15) is 0 Å². The second-order valence-electron chi connectivity index (χ2n) is 56.1. The molecule has 9 spiro atoms. The summed E-state index contributed by atoms with van der Waals surface area (Å²) in [6, 6.07) is 1.24. The Morgan fingerprint density at radius 3 is 0.906 bits per heavy atom. The van der Waals surface area contributed by atoms with Gasteiger partial charge in [-0.3, -0.25) is 72.7 Å². The van der Waals surface area contributed by atoms with Crippen molar-refractivity contribution in [1.82, 2.24) is 93.1 Å². The molecule has 0 N–H and O–H groups in total. The van der Waals surface area contributed by atoms with Gasteiger partial charge in [-0.25, -0.2) is 0 Å². The zero-order chi connectivity index (χ0) is 111. The molecule has 0 aromatic carbocycles. The van der Waals surface area contributed by atoms with Crippen LogP contribution in [0.1, 0.15) is 278 Å². The highest BCUT2D eigenvalue weighted by Crippen LogP contribution is 2.51. The molecule has 0 aromatic heterocycles. The number of amides is 8. The van der Waals surface area contributed by atoms with Crippen LogP contribution in [0.25, 0.3) is 0 Å². The fourth-order valence-corrected chi connectivity index (χ4v) is 25.8. The Kier molecular flexibility index (Phi) is 40.1. The first-order valence-electron chi connectivity index (χ1n) is 56.9. The molecule has 8 amide bonds. The lowest BCUT2D eigenvalue weighted by Crippen LogP contribution is -2.75. The maximum Gasteiger partial charge on any atom is 0.298 e. The first-order chi connectivity index (χ1) is 69.1. The normalized spacial score (nSPS) is 24.1. The topological polar surface area (TPSA) is 198 Å². The summed E-state index contributed by atoms with van der Waals surface area (Å²) < 4.78 is 0. The van der Waals surface area contributed by atoms with E-state index in [1.165, 1.54) is 89.7 Å². The van der Waals surface area contributed by atoms with Crippen molar-refractivity contribution in [2.45, 2.75) is 340 Å². The van der Waals surface area contributed by atoms with Gasteiger partial charge in [0.15, 0.2) is 0 Å². The molecule has 0 bridgehead atoms. The number of likely N-dealkylation sites (tertiary alicyclic amines) is 18. The van der Waals surface area contributed by atoms with Crippen molar-refractivity contribution < 1.29 is 38.4 Å². The molecule has 0 aromatic rings. The summed E-state index contributed by atoms with van der Waals surface area (Å²) in [5.74, 6) is 11.7. The summed E-state index contributed by atoms with van der Waals surface area (Å²) in [6.45, 7) is 119. The maximum absolute atomic E-state index is 12.1. The molecular formula is C122H207N19O8. The van der Waals surface area contributed by atoms with Crippen LogP contribution in [0.4, 0.5) is 0 Å². The van der Waals surface area contributed by atoms with Crippen molar-refractivity contribution in [2.75, 3.05) is 243 Å². The van der Waals surface area contributed by atoms with E-state index in [-0.39, 0.29) is 80.1 Å². The number of likely N-dealkylation sites (N-methyl/N-ethyl adjacent to an activating group) is 1. The highest BCUT2D eigenvalue weighted by atomic mass is 16.2. The van der Waals surface area contributed by atoms with Crippen molar-refractivity contribution in [2.24, 2.45) is 37.9 Å². The average molecular weight is 2070 g/mol. The van der Waals surface area contributed by atoms with E-state index in [0.717, 1.165) is 234 Å². The number of hydrogen-bond acceptors (Lipinski definition) is 19. The predicted octanol–water partition coefficient (Wildman–Crippen LogP) is 14.3. The van der Waals surface area contributed by atoms with Crippen LogP contribution in [0.3, 0.4) is 0 Å². The molecule has 18 saturated heterocycles. The van der Waals surface area contributed by atoms with Gasteiger partial charge in [0.05, 0.1) is 0 Å². The zero-order valence-electron chi connectivity index (χ0n) is 99.8. The van der Waals surface area contributed by atoms with Crippen LogP contribution in [0.2, 0.25) is 0 Å². The molecule has 0 unspecified atom stereocenters. The van der Waals surface area contributed by atoms with Gasteiger partial charge in [-0.2, -0.15) is 0 Å². The molecule has 0 radical (unpaired) electrons. The van der Waals surface area contributed by atoms with Crippen LogP contribution < -0.4 is 0 Å². The highest BCUT2D eigenvalue weighted by molar-refractivity contribution is 5.95. The van der Waals surface area contributed by atoms with Gasteiger partial charge in [0.2, 0.25) is 35.4 Å². The summed E-state index contributed by atoms with van der Waals surface area (Å²) in [5, 5.41) is 0. The second-order valence-corrected chi connectivity index (χ2v) is 56.1. The zero-order valence-corrected chi connectivity index (χ0v) is 99.8. The lowest BCUT2D eigenvalue weighted by Gasteiger charge is -2.63. The molecule has 27 nitrogen and oxygen atoms in total. The van der Waals surface area contributed by atoms with E-state index in [4.69, 9.17) is 0 Å². The number of hydrogen-bond donors (Lipinski definition) is 0. The third kappa shape index (κ3) is 30.6. The Labute approximate surface area is 905 Å². The largest absolute Gasteiger partial charge is 0.371 e. The number of allylic oxidation sites excluding steroid dienone is 2. The van der Waals surface area contributed by atoms with E-state index < -0.39 is 0 Å². The molecule has 18 aliphatic heterocycles. The molecule has 18 heterocycles. The SMILES string of the molecule is C/C=C/C(=O)N1CC2(C1)CN(C(C)(C)C)C2.C=CC(=C)N1CCC2(C1)CN(C(C)(C)C)C2.C=CC(=O)N1CC2(C1)CN(C(C)(C)C)C2.C=CC(=O)N1CC2(CCN(C(C)(C)C)C2)C1.C=CC(=O)N1CCCC12CCN(C(C)C)CC2.CC#CC(=O)N1CC2(C1)CN(C(C)(C)C)C2.CC#CC(=O)N1CCCC12CCN(C(C)C)CC2.CCC(=O)N1CC2(C1)CN(C(C)(C)C)C2.CN(C)CC=CC(=O)N1CC2(CCN(C(C)(C)C)C2)C1. The number of carbonyl (C=O) groups is 8. The Balaban J connectivity index is 0.000000172. The number of nitrogens with zero attached hydrogens (tertiary/aromatic N) is 19. The predicted molar refractivity (Wildman–Crippen MR) is 610 cm³/mol. The van der Waals surface area contributed by atoms with E-state index >= 15 is 0 Å². The van der Waals surface area contributed by atoms with Crippen molar-refractivity contribution in [3.8, 4) is 23.7 Å². The fraction of sp³-hybridized carbons (Fsp3) is 0.787. The van der Waals surface area contributed by atoms with Crippen molar-refractivity contribution in [1.29, 1.82) is 0 Å². The third-order valence-corrected chi connectivity index (χ3v) is 36.0. The third-order valence-electron chi connectivity index (χ3n) is 36.0. The van der Waals surface area contributed by atoms with Crippen LogP contribution >= 0.6 is 0 Å². The van der Waals surface area contributed by atoms with Gasteiger partial charge in [-0.1, -0.05) is 63.8 Å². The summed E-state index contributed by atoms with van der Waals surface area (Å²) in [7, 11) is 4.01. The van der Waals surface area contributed by atoms with Crippen LogP contribution in [0.5, 0.6) is 0 Å². The summed E-state index contributed by atoms with van der Waals surface area (Å²) in [5.41, 5.74) is 6.26. The van der Waals surface area contributed by atoms with E-state index in [0.29, 0.717) is 73.4 Å². The summed E-state index contributed by atoms with van der Waals surface area (Å²) in [6.07, 6.45) is 26.9. The average Bonchev–Trinajstić information content (AvgIpc) is 1.68.